The van der Waals surface area contributed by atoms with Crippen LogP contribution in [0.1, 0.15) is 11.1 Å². The number of hydrogen-bond acceptors (Lipinski definition) is 3. The summed E-state index contributed by atoms with van der Waals surface area (Å²) in [6.07, 6.45) is 1.59. The van der Waals surface area contributed by atoms with Crippen molar-refractivity contribution in [2.75, 3.05) is 11.4 Å². The summed E-state index contributed by atoms with van der Waals surface area (Å²) in [6.45, 7) is 1.98. The number of hydrogen-bond donors (Lipinski definition) is 1. The number of anilines is 1. The number of nitrogens with zero attached hydrogens (tertiary/aromatic N) is 2. The molecule has 0 fully saturated rings. The topological polar surface area (TPSA) is 66.1 Å². The second-order valence-corrected chi connectivity index (χ2v) is 7.31. The predicted molar refractivity (Wildman–Crippen MR) is 88.3 cm³/mol. The Morgan fingerprint density at radius 1 is 1.14 bits per heavy atom. The molecule has 22 heavy (non-hydrogen) atoms. The molecule has 0 unspecified atom stereocenters. The van der Waals surface area contributed by atoms with Crippen molar-refractivity contribution < 1.29 is 8.42 Å². The van der Waals surface area contributed by atoms with E-state index in [0.29, 0.717) is 5.69 Å². The van der Waals surface area contributed by atoms with E-state index in [4.69, 9.17) is 0 Å². The molecule has 0 aliphatic rings. The number of fused-ring (bicyclic) bond motifs is 1. The highest BCUT2D eigenvalue weighted by atomic mass is 32.2. The molecule has 1 N–H and O–H groups in total. The Labute approximate surface area is 129 Å². The van der Waals surface area contributed by atoms with Gasteiger partial charge in [0.05, 0.1) is 28.8 Å². The van der Waals surface area contributed by atoms with Gasteiger partial charge >= 0.3 is 0 Å². The van der Waals surface area contributed by atoms with E-state index < -0.39 is 10.0 Å². The average Bonchev–Trinajstić information content (AvgIpc) is 2.96. The predicted octanol–water partition coefficient (Wildman–Crippen LogP) is 2.84. The minimum atomic E-state index is -3.43. The molecular weight excluding hydrogens is 298 g/mol. The van der Waals surface area contributed by atoms with Crippen molar-refractivity contribution in [3.63, 3.8) is 0 Å². The summed E-state index contributed by atoms with van der Waals surface area (Å²) in [5.41, 5.74) is 4.13. The van der Waals surface area contributed by atoms with Gasteiger partial charge in [0.1, 0.15) is 0 Å². The zero-order valence-corrected chi connectivity index (χ0v) is 13.3. The maximum Gasteiger partial charge on any atom is 0.239 e. The second kappa shape index (κ2) is 5.46. The highest BCUT2D eigenvalue weighted by molar-refractivity contribution is 7.92. The van der Waals surface area contributed by atoms with Gasteiger partial charge in [-0.2, -0.15) is 0 Å². The lowest BCUT2D eigenvalue weighted by Gasteiger charge is -2.19. The van der Waals surface area contributed by atoms with Gasteiger partial charge in [0.15, 0.2) is 0 Å². The van der Waals surface area contributed by atoms with Crippen molar-refractivity contribution in [2.24, 2.45) is 0 Å². The van der Waals surface area contributed by atoms with E-state index in [9.17, 15) is 8.42 Å². The molecule has 0 spiro atoms. The molecule has 2 aromatic carbocycles. The Kier molecular flexibility index (Phi) is 3.62. The molecule has 114 valence electrons. The monoisotopic (exact) mass is 315 g/mol. The van der Waals surface area contributed by atoms with Gasteiger partial charge in [-0.15, -0.1) is 0 Å². The molecule has 0 saturated heterocycles. The molecule has 0 radical (unpaired) electrons. The molecule has 3 aromatic rings. The first-order valence-electron chi connectivity index (χ1n) is 6.91. The van der Waals surface area contributed by atoms with Gasteiger partial charge in [-0.3, -0.25) is 4.31 Å². The van der Waals surface area contributed by atoms with E-state index in [1.165, 1.54) is 4.31 Å². The average molecular weight is 315 g/mol. The Balaban J connectivity index is 1.88. The van der Waals surface area contributed by atoms with Gasteiger partial charge in [-0.05, 0) is 30.7 Å². The number of rotatable bonds is 4. The van der Waals surface area contributed by atoms with E-state index in [1.807, 2.05) is 31.2 Å². The third-order valence-electron chi connectivity index (χ3n) is 3.65. The Hall–Kier alpha value is -2.34. The lowest BCUT2D eigenvalue weighted by atomic mass is 10.2. The molecular formula is C16H17N3O2S. The summed E-state index contributed by atoms with van der Waals surface area (Å²) in [5, 5.41) is 0. The fourth-order valence-corrected chi connectivity index (χ4v) is 3.51. The molecule has 1 aromatic heterocycles. The van der Waals surface area contributed by atoms with Crippen LogP contribution in [0.15, 0.2) is 48.8 Å². The first kappa shape index (κ1) is 14.6. The number of aromatic amines is 1. The lowest BCUT2D eigenvalue weighted by Crippen LogP contribution is -2.27. The fourth-order valence-electron chi connectivity index (χ4n) is 2.27. The van der Waals surface area contributed by atoms with E-state index in [2.05, 4.69) is 9.97 Å². The summed E-state index contributed by atoms with van der Waals surface area (Å²) in [5.74, 6) is -0.0230. The van der Waals surface area contributed by atoms with Crippen LogP contribution < -0.4 is 4.31 Å². The summed E-state index contributed by atoms with van der Waals surface area (Å²) >= 11 is 0. The SMILES string of the molecule is Cc1ccc(CS(=O)(=O)N(C)c2ccc3nc[nH]c3c2)cc1. The van der Waals surface area contributed by atoms with Crippen LogP contribution in [-0.2, 0) is 15.8 Å². The molecule has 0 atom stereocenters. The maximum absolute atomic E-state index is 12.6. The number of nitrogens with one attached hydrogen (secondary N) is 1. The third kappa shape index (κ3) is 2.82. The van der Waals surface area contributed by atoms with Crippen LogP contribution in [0.25, 0.3) is 11.0 Å². The minimum absolute atomic E-state index is 0.0230. The van der Waals surface area contributed by atoms with Gasteiger partial charge in [-0.25, -0.2) is 13.4 Å². The molecule has 3 rings (SSSR count). The first-order valence-corrected chi connectivity index (χ1v) is 8.52. The summed E-state index contributed by atoms with van der Waals surface area (Å²) < 4.78 is 26.4. The van der Waals surface area contributed by atoms with Crippen molar-refractivity contribution in [3.8, 4) is 0 Å². The van der Waals surface area contributed by atoms with Gasteiger partial charge in [0.2, 0.25) is 10.0 Å². The van der Waals surface area contributed by atoms with Gasteiger partial charge in [0.25, 0.3) is 0 Å². The van der Waals surface area contributed by atoms with Crippen LogP contribution in [0, 0.1) is 6.92 Å². The number of imidazole rings is 1. The van der Waals surface area contributed by atoms with Crippen LogP contribution in [0.5, 0.6) is 0 Å². The van der Waals surface area contributed by atoms with Crippen molar-refractivity contribution in [2.45, 2.75) is 12.7 Å². The molecule has 0 saturated carbocycles. The van der Waals surface area contributed by atoms with Crippen LogP contribution in [0.3, 0.4) is 0 Å². The number of sulfonamides is 1. The summed E-state index contributed by atoms with van der Waals surface area (Å²) in [7, 11) is -1.86. The standard InChI is InChI=1S/C16H17N3O2S/c1-12-3-5-13(6-4-12)10-22(20,21)19(2)14-7-8-15-16(9-14)18-11-17-15/h3-9,11H,10H2,1-2H3,(H,17,18). The molecule has 1 heterocycles. The highest BCUT2D eigenvalue weighted by Crippen LogP contribution is 2.22. The van der Waals surface area contributed by atoms with Crippen LogP contribution in [-0.4, -0.2) is 25.4 Å². The number of aromatic nitrogens is 2. The zero-order chi connectivity index (χ0) is 15.7. The van der Waals surface area contributed by atoms with Gasteiger partial charge in [0, 0.05) is 7.05 Å². The quantitative estimate of drug-likeness (QED) is 0.805. The van der Waals surface area contributed by atoms with Crippen molar-refractivity contribution in [3.05, 3.63) is 59.9 Å². The largest absolute Gasteiger partial charge is 0.345 e. The smallest absolute Gasteiger partial charge is 0.239 e. The molecule has 5 nitrogen and oxygen atoms in total. The molecule has 6 heteroatoms. The molecule has 0 amide bonds. The Bertz CT molecular complexity index is 899. The lowest BCUT2D eigenvalue weighted by molar-refractivity contribution is 0.593. The molecule has 0 bridgehead atoms. The molecule has 0 aliphatic heterocycles. The van der Waals surface area contributed by atoms with Gasteiger partial charge < -0.3 is 4.98 Å². The maximum atomic E-state index is 12.6. The Morgan fingerprint density at radius 2 is 1.86 bits per heavy atom. The number of aryl methyl sites for hydroxylation is 1. The van der Waals surface area contributed by atoms with Crippen molar-refractivity contribution in [1.82, 2.24) is 9.97 Å². The van der Waals surface area contributed by atoms with Crippen molar-refractivity contribution >= 4 is 26.7 Å². The summed E-state index contributed by atoms with van der Waals surface area (Å²) in [6, 6.07) is 12.9. The van der Waals surface area contributed by atoms with Gasteiger partial charge in [-0.1, -0.05) is 29.8 Å². The van der Waals surface area contributed by atoms with Crippen LogP contribution in [0.2, 0.25) is 0 Å². The minimum Gasteiger partial charge on any atom is -0.345 e. The van der Waals surface area contributed by atoms with Crippen molar-refractivity contribution in [1.29, 1.82) is 0 Å². The molecule has 0 aliphatic carbocycles. The van der Waals surface area contributed by atoms with E-state index in [1.54, 1.807) is 31.6 Å². The first-order chi connectivity index (χ1) is 10.5. The van der Waals surface area contributed by atoms with Crippen LogP contribution >= 0.6 is 0 Å². The number of benzene rings is 2. The van der Waals surface area contributed by atoms with E-state index in [-0.39, 0.29) is 5.75 Å². The van der Waals surface area contributed by atoms with E-state index in [0.717, 1.165) is 22.2 Å². The Morgan fingerprint density at radius 3 is 2.59 bits per heavy atom. The summed E-state index contributed by atoms with van der Waals surface area (Å²) in [4.78, 5) is 7.12. The van der Waals surface area contributed by atoms with Crippen LogP contribution in [0.4, 0.5) is 5.69 Å². The third-order valence-corrected chi connectivity index (χ3v) is 5.40. The normalized spacial score (nSPS) is 11.7. The van der Waals surface area contributed by atoms with E-state index >= 15 is 0 Å². The fraction of sp³-hybridized carbons (Fsp3) is 0.188. The zero-order valence-electron chi connectivity index (χ0n) is 12.4. The highest BCUT2D eigenvalue weighted by Gasteiger charge is 2.19. The second-order valence-electron chi connectivity index (χ2n) is 5.31. The number of H-pyrrole nitrogens is 1.